The number of thiophene rings is 1. The van der Waals surface area contributed by atoms with E-state index in [9.17, 15) is 9.59 Å². The molecule has 0 unspecified atom stereocenters. The Labute approximate surface area is 200 Å². The Hall–Kier alpha value is -3.62. The number of para-hydroxylation sites is 1. The molecule has 5 rings (SSSR count). The van der Waals surface area contributed by atoms with Crippen molar-refractivity contribution in [2.24, 2.45) is 0 Å². The third-order valence-corrected chi connectivity index (χ3v) is 6.48. The highest BCUT2D eigenvalue weighted by molar-refractivity contribution is 7.10. The summed E-state index contributed by atoms with van der Waals surface area (Å²) in [5.41, 5.74) is 0.886. The highest BCUT2D eigenvalue weighted by Crippen LogP contribution is 2.32. The molecule has 1 fully saturated rings. The van der Waals surface area contributed by atoms with Gasteiger partial charge in [-0.3, -0.25) is 9.59 Å². The van der Waals surface area contributed by atoms with E-state index in [1.54, 1.807) is 29.4 Å². The lowest BCUT2D eigenvalue weighted by atomic mass is 10.2. The molecule has 1 aliphatic rings. The van der Waals surface area contributed by atoms with Gasteiger partial charge in [0.1, 0.15) is 17.0 Å². The minimum atomic E-state index is -0.342. The summed E-state index contributed by atoms with van der Waals surface area (Å²) in [6, 6.07) is 14.7. The molecule has 34 heavy (non-hydrogen) atoms. The molecule has 0 radical (unpaired) electrons. The van der Waals surface area contributed by atoms with Crippen LogP contribution in [0.4, 0.5) is 5.69 Å². The summed E-state index contributed by atoms with van der Waals surface area (Å²) in [4.78, 5) is 29.1. The zero-order valence-electron chi connectivity index (χ0n) is 18.4. The molecule has 1 saturated heterocycles. The van der Waals surface area contributed by atoms with Crippen molar-refractivity contribution in [1.82, 2.24) is 4.90 Å². The minimum absolute atomic E-state index is 0.0462. The van der Waals surface area contributed by atoms with Crippen LogP contribution >= 0.6 is 11.3 Å². The summed E-state index contributed by atoms with van der Waals surface area (Å²) < 4.78 is 17.2. The standard InChI is InChI=1S/C26H24N2O5S/c29-23(12-11-20-8-5-15-34-20)27-24-21-9-1-2-10-22(21)33-25(24)26(30)28(16-18-6-3-13-31-18)17-19-7-4-14-32-19/h1-3,5-6,8-13,15,19H,4,7,14,16-17H2,(H,27,29)/b12-11+/t19-/m1/s1. The van der Waals surface area contributed by atoms with Crippen LogP contribution in [0.2, 0.25) is 0 Å². The Morgan fingerprint density at radius 1 is 1.15 bits per heavy atom. The van der Waals surface area contributed by atoms with Crippen molar-refractivity contribution >= 4 is 45.9 Å². The fourth-order valence-corrected chi connectivity index (χ4v) is 4.63. The number of furan rings is 2. The number of anilines is 1. The van der Waals surface area contributed by atoms with Crippen LogP contribution in [0, 0.1) is 0 Å². The second-order valence-electron chi connectivity index (χ2n) is 8.04. The third-order valence-electron chi connectivity index (χ3n) is 5.64. The summed E-state index contributed by atoms with van der Waals surface area (Å²) in [5.74, 6) is 0.0712. The fraction of sp³-hybridized carbons (Fsp3) is 0.231. The maximum absolute atomic E-state index is 13.7. The molecule has 0 bridgehead atoms. The number of benzene rings is 1. The van der Waals surface area contributed by atoms with E-state index >= 15 is 0 Å². The van der Waals surface area contributed by atoms with E-state index in [1.807, 2.05) is 41.8 Å². The molecule has 1 aromatic carbocycles. The molecule has 4 heterocycles. The van der Waals surface area contributed by atoms with Crippen molar-refractivity contribution in [1.29, 1.82) is 0 Å². The lowest BCUT2D eigenvalue weighted by Gasteiger charge is -2.24. The predicted molar refractivity (Wildman–Crippen MR) is 131 cm³/mol. The van der Waals surface area contributed by atoms with Gasteiger partial charge in [0.25, 0.3) is 5.91 Å². The van der Waals surface area contributed by atoms with E-state index in [0.717, 1.165) is 17.7 Å². The topological polar surface area (TPSA) is 84.9 Å². The van der Waals surface area contributed by atoms with Gasteiger partial charge in [0, 0.05) is 29.5 Å². The molecule has 1 atom stereocenters. The Kier molecular flexibility index (Phi) is 6.60. The summed E-state index contributed by atoms with van der Waals surface area (Å²) >= 11 is 1.54. The molecule has 0 aliphatic carbocycles. The van der Waals surface area contributed by atoms with Gasteiger partial charge >= 0.3 is 0 Å². The molecule has 3 aromatic heterocycles. The van der Waals surface area contributed by atoms with Crippen LogP contribution in [0.15, 0.2) is 75.1 Å². The van der Waals surface area contributed by atoms with E-state index in [-0.39, 0.29) is 30.2 Å². The number of ether oxygens (including phenoxy) is 1. The van der Waals surface area contributed by atoms with Gasteiger partial charge in [-0.15, -0.1) is 11.3 Å². The predicted octanol–water partition coefficient (Wildman–Crippen LogP) is 5.56. The largest absolute Gasteiger partial charge is 0.467 e. The molecule has 1 N–H and O–H groups in total. The number of carbonyl (C=O) groups is 2. The van der Waals surface area contributed by atoms with Crippen LogP contribution in [0.5, 0.6) is 0 Å². The van der Waals surface area contributed by atoms with Crippen molar-refractivity contribution in [3.05, 3.63) is 82.6 Å². The maximum atomic E-state index is 13.7. The van der Waals surface area contributed by atoms with Crippen LogP contribution in [0.25, 0.3) is 17.0 Å². The molecule has 4 aromatic rings. The summed E-state index contributed by atoms with van der Waals surface area (Å²) in [6.45, 7) is 1.37. The van der Waals surface area contributed by atoms with E-state index in [0.29, 0.717) is 35.6 Å². The van der Waals surface area contributed by atoms with E-state index in [1.165, 1.54) is 17.4 Å². The second kappa shape index (κ2) is 10.1. The number of fused-ring (bicyclic) bond motifs is 1. The summed E-state index contributed by atoms with van der Waals surface area (Å²) in [6.07, 6.45) is 6.58. The number of hydrogen-bond donors (Lipinski definition) is 1. The van der Waals surface area contributed by atoms with E-state index < -0.39 is 0 Å². The number of nitrogens with zero attached hydrogens (tertiary/aromatic N) is 1. The van der Waals surface area contributed by atoms with Crippen LogP contribution in [-0.2, 0) is 16.1 Å². The first kappa shape index (κ1) is 22.2. The molecule has 174 valence electrons. The Balaban J connectivity index is 1.45. The number of nitrogens with one attached hydrogen (secondary N) is 1. The molecular formula is C26H24N2O5S. The van der Waals surface area contributed by atoms with Crippen molar-refractivity contribution in [2.75, 3.05) is 18.5 Å². The number of hydrogen-bond acceptors (Lipinski definition) is 6. The zero-order chi connectivity index (χ0) is 23.3. The average molecular weight is 477 g/mol. The highest BCUT2D eigenvalue weighted by Gasteiger charge is 2.29. The quantitative estimate of drug-likeness (QED) is 0.337. The molecular weight excluding hydrogens is 452 g/mol. The molecule has 0 spiro atoms. The number of carbonyl (C=O) groups excluding carboxylic acids is 2. The van der Waals surface area contributed by atoms with Crippen LogP contribution in [0.3, 0.4) is 0 Å². The van der Waals surface area contributed by atoms with Crippen LogP contribution in [-0.4, -0.2) is 36.0 Å². The number of rotatable bonds is 8. The first-order chi connectivity index (χ1) is 16.7. The first-order valence-corrected chi connectivity index (χ1v) is 12.0. The Bertz CT molecular complexity index is 1280. The summed E-state index contributed by atoms with van der Waals surface area (Å²) in [5, 5.41) is 5.48. The first-order valence-electron chi connectivity index (χ1n) is 11.1. The van der Waals surface area contributed by atoms with Crippen molar-refractivity contribution in [3.8, 4) is 0 Å². The summed E-state index contributed by atoms with van der Waals surface area (Å²) in [7, 11) is 0. The van der Waals surface area contributed by atoms with Gasteiger partial charge in [-0.25, -0.2) is 0 Å². The van der Waals surface area contributed by atoms with E-state index in [2.05, 4.69) is 5.32 Å². The van der Waals surface area contributed by atoms with Crippen molar-refractivity contribution in [2.45, 2.75) is 25.5 Å². The molecule has 2 amide bonds. The van der Waals surface area contributed by atoms with Crippen LogP contribution < -0.4 is 5.32 Å². The second-order valence-corrected chi connectivity index (χ2v) is 9.02. The van der Waals surface area contributed by atoms with Gasteiger partial charge in [0.2, 0.25) is 11.7 Å². The Morgan fingerprint density at radius 3 is 2.82 bits per heavy atom. The van der Waals surface area contributed by atoms with Crippen molar-refractivity contribution < 1.29 is 23.2 Å². The SMILES string of the molecule is O=C(/C=C/c1cccs1)Nc1c(C(=O)N(Cc2ccco2)C[C@H]2CCCO2)oc2ccccc12. The molecule has 0 saturated carbocycles. The lowest BCUT2D eigenvalue weighted by Crippen LogP contribution is -2.37. The van der Waals surface area contributed by atoms with Crippen LogP contribution in [0.1, 0.15) is 34.0 Å². The number of amides is 2. The van der Waals surface area contributed by atoms with Crippen molar-refractivity contribution in [3.63, 3.8) is 0 Å². The van der Waals surface area contributed by atoms with Gasteiger partial charge in [0.05, 0.1) is 18.9 Å². The van der Waals surface area contributed by atoms with E-state index in [4.69, 9.17) is 13.6 Å². The highest BCUT2D eigenvalue weighted by atomic mass is 32.1. The fourth-order valence-electron chi connectivity index (χ4n) is 4.02. The van der Waals surface area contributed by atoms with Gasteiger partial charge < -0.3 is 23.8 Å². The third kappa shape index (κ3) is 4.98. The molecule has 1 aliphatic heterocycles. The molecule has 8 heteroatoms. The van der Waals surface area contributed by atoms with Gasteiger partial charge in [-0.1, -0.05) is 18.2 Å². The average Bonchev–Trinajstić information content (AvgIpc) is 3.66. The normalized spacial score (nSPS) is 15.8. The smallest absolute Gasteiger partial charge is 0.292 e. The monoisotopic (exact) mass is 476 g/mol. The van der Waals surface area contributed by atoms with Gasteiger partial charge in [-0.2, -0.15) is 0 Å². The van der Waals surface area contributed by atoms with Gasteiger partial charge in [-0.05, 0) is 54.6 Å². The Morgan fingerprint density at radius 2 is 2.06 bits per heavy atom. The zero-order valence-corrected chi connectivity index (χ0v) is 19.3. The molecule has 7 nitrogen and oxygen atoms in total. The maximum Gasteiger partial charge on any atom is 0.292 e. The van der Waals surface area contributed by atoms with Gasteiger partial charge in [0.15, 0.2) is 0 Å². The lowest BCUT2D eigenvalue weighted by molar-refractivity contribution is -0.111. The minimum Gasteiger partial charge on any atom is -0.467 e.